The minimum atomic E-state index is -0.544. The Morgan fingerprint density at radius 1 is 1.08 bits per heavy atom. The molecular formula is C21H26N2S. The number of hydrogen-bond donors (Lipinski definition) is 1. The van der Waals surface area contributed by atoms with E-state index in [-0.39, 0.29) is 0 Å². The van der Waals surface area contributed by atoms with E-state index in [9.17, 15) is 0 Å². The van der Waals surface area contributed by atoms with Crippen molar-refractivity contribution in [3.8, 4) is 0 Å². The Morgan fingerprint density at radius 2 is 1.79 bits per heavy atom. The van der Waals surface area contributed by atoms with Crippen molar-refractivity contribution in [2.24, 2.45) is 10.7 Å². The summed E-state index contributed by atoms with van der Waals surface area (Å²) < 4.78 is 0. The zero-order chi connectivity index (χ0) is 17.3. The van der Waals surface area contributed by atoms with Crippen LogP contribution in [0.3, 0.4) is 0 Å². The summed E-state index contributed by atoms with van der Waals surface area (Å²) in [5, 5.41) is 1.08. The molecule has 0 amide bonds. The average Bonchev–Trinajstić information content (AvgIpc) is 3.03. The van der Waals surface area contributed by atoms with Gasteiger partial charge in [-0.1, -0.05) is 47.5 Å². The molecule has 0 saturated carbocycles. The molecule has 0 aliphatic carbocycles. The van der Waals surface area contributed by atoms with Crippen LogP contribution in [0, 0.1) is 27.7 Å². The van der Waals surface area contributed by atoms with Gasteiger partial charge in [0, 0.05) is 18.7 Å². The normalized spacial score (nSPS) is 16.8. The molecule has 1 atom stereocenters. The van der Waals surface area contributed by atoms with Crippen molar-refractivity contribution in [2.75, 3.05) is 12.3 Å². The molecule has 2 nitrogen and oxygen atoms in total. The highest BCUT2D eigenvalue weighted by atomic mass is 32.2. The van der Waals surface area contributed by atoms with Crippen LogP contribution < -0.4 is 5.73 Å². The minimum Gasteiger partial charge on any atom is -0.316 e. The lowest BCUT2D eigenvalue weighted by atomic mass is 9.81. The molecule has 1 aliphatic heterocycles. The van der Waals surface area contributed by atoms with E-state index in [2.05, 4.69) is 64.1 Å². The van der Waals surface area contributed by atoms with Crippen molar-refractivity contribution in [3.63, 3.8) is 0 Å². The number of nitrogens with zero attached hydrogens (tertiary/aromatic N) is 1. The summed E-state index contributed by atoms with van der Waals surface area (Å²) >= 11 is 1.81. The third-order valence-electron chi connectivity index (χ3n) is 4.82. The first kappa shape index (κ1) is 17.2. The average molecular weight is 339 g/mol. The van der Waals surface area contributed by atoms with Crippen LogP contribution in [-0.4, -0.2) is 17.3 Å². The van der Waals surface area contributed by atoms with Crippen molar-refractivity contribution < 1.29 is 0 Å². The van der Waals surface area contributed by atoms with E-state index < -0.39 is 5.54 Å². The molecule has 2 N–H and O–H groups in total. The van der Waals surface area contributed by atoms with Gasteiger partial charge in [-0.3, -0.25) is 4.99 Å². The van der Waals surface area contributed by atoms with Gasteiger partial charge in [0.15, 0.2) is 0 Å². The SMILES string of the molecule is Cc1cc(C)cc(CC(N)(C2=NCCS2)c2cccc(C)c2C)c1. The third-order valence-corrected chi connectivity index (χ3v) is 5.97. The summed E-state index contributed by atoms with van der Waals surface area (Å²) in [6.07, 6.45) is 0.783. The number of nitrogens with two attached hydrogens (primary N) is 1. The molecule has 3 heteroatoms. The fourth-order valence-corrected chi connectivity index (χ4v) is 4.62. The lowest BCUT2D eigenvalue weighted by molar-refractivity contribution is 0.602. The third kappa shape index (κ3) is 3.28. The van der Waals surface area contributed by atoms with Gasteiger partial charge >= 0.3 is 0 Å². The van der Waals surface area contributed by atoms with E-state index >= 15 is 0 Å². The summed E-state index contributed by atoms with van der Waals surface area (Å²) in [7, 11) is 0. The van der Waals surface area contributed by atoms with Crippen LogP contribution >= 0.6 is 11.8 Å². The minimum absolute atomic E-state index is 0.544. The van der Waals surface area contributed by atoms with Crippen LogP contribution in [0.25, 0.3) is 0 Å². The number of rotatable bonds is 4. The number of thioether (sulfide) groups is 1. The Labute approximate surface area is 149 Å². The standard InChI is InChI=1S/C21H26N2S/c1-14-10-15(2)12-18(11-14)13-21(22,20-23-8-9-24-20)19-7-5-6-16(3)17(19)4/h5-7,10-12H,8-9,13,22H2,1-4H3. The van der Waals surface area contributed by atoms with Gasteiger partial charge in [0.25, 0.3) is 0 Å². The molecule has 1 aliphatic rings. The first-order valence-electron chi connectivity index (χ1n) is 8.50. The molecule has 24 heavy (non-hydrogen) atoms. The predicted molar refractivity (Wildman–Crippen MR) is 106 cm³/mol. The topological polar surface area (TPSA) is 38.4 Å². The monoisotopic (exact) mass is 338 g/mol. The molecule has 3 rings (SSSR count). The van der Waals surface area contributed by atoms with E-state index in [1.165, 1.54) is 33.4 Å². The highest BCUT2D eigenvalue weighted by Crippen LogP contribution is 2.35. The molecule has 0 fully saturated rings. The lowest BCUT2D eigenvalue weighted by Crippen LogP contribution is -2.46. The highest BCUT2D eigenvalue weighted by molar-refractivity contribution is 8.14. The maximum Gasteiger partial charge on any atom is 0.0940 e. The molecule has 1 unspecified atom stereocenters. The summed E-state index contributed by atoms with van der Waals surface area (Å²) in [4.78, 5) is 4.75. The van der Waals surface area contributed by atoms with Gasteiger partial charge in [-0.15, -0.1) is 11.8 Å². The number of aryl methyl sites for hydroxylation is 3. The molecule has 2 aromatic rings. The van der Waals surface area contributed by atoms with Gasteiger partial charge in [0.05, 0.1) is 10.6 Å². The Morgan fingerprint density at radius 3 is 2.42 bits per heavy atom. The number of hydrogen-bond acceptors (Lipinski definition) is 3. The van der Waals surface area contributed by atoms with Crippen molar-refractivity contribution in [1.82, 2.24) is 0 Å². The van der Waals surface area contributed by atoms with Gasteiger partial charge in [-0.2, -0.15) is 0 Å². The molecule has 0 radical (unpaired) electrons. The fourth-order valence-electron chi connectivity index (χ4n) is 3.62. The molecule has 0 saturated heterocycles. The quantitative estimate of drug-likeness (QED) is 0.893. The first-order chi connectivity index (χ1) is 11.4. The van der Waals surface area contributed by atoms with E-state index in [1.54, 1.807) is 0 Å². The molecule has 0 aromatic heterocycles. The van der Waals surface area contributed by atoms with Crippen LogP contribution in [0.15, 0.2) is 41.4 Å². The Balaban J connectivity index is 2.11. The maximum absolute atomic E-state index is 7.07. The van der Waals surface area contributed by atoms with Gasteiger partial charge in [0.2, 0.25) is 0 Å². The second-order valence-electron chi connectivity index (χ2n) is 6.93. The molecular weight excluding hydrogens is 312 g/mol. The summed E-state index contributed by atoms with van der Waals surface area (Å²) in [6.45, 7) is 9.49. The van der Waals surface area contributed by atoms with Crippen molar-refractivity contribution >= 4 is 16.8 Å². The molecule has 1 heterocycles. The van der Waals surface area contributed by atoms with E-state index in [0.717, 1.165) is 23.8 Å². The second kappa shape index (κ2) is 6.73. The number of aliphatic imine (C=N–C) groups is 1. The zero-order valence-electron chi connectivity index (χ0n) is 15.0. The van der Waals surface area contributed by atoms with Crippen molar-refractivity contribution in [2.45, 2.75) is 39.7 Å². The lowest BCUT2D eigenvalue weighted by Gasteiger charge is -2.32. The fraction of sp³-hybridized carbons (Fsp3) is 0.381. The van der Waals surface area contributed by atoms with Gasteiger partial charge in [-0.25, -0.2) is 0 Å². The van der Waals surface area contributed by atoms with Crippen molar-refractivity contribution in [3.05, 3.63) is 69.8 Å². The van der Waals surface area contributed by atoms with Crippen LogP contribution in [0.4, 0.5) is 0 Å². The Kier molecular flexibility index (Phi) is 4.84. The second-order valence-corrected chi connectivity index (χ2v) is 8.01. The molecule has 0 bridgehead atoms. The van der Waals surface area contributed by atoms with E-state index in [1.807, 2.05) is 11.8 Å². The van der Waals surface area contributed by atoms with Crippen LogP contribution in [0.1, 0.15) is 33.4 Å². The Bertz CT molecular complexity index is 774. The van der Waals surface area contributed by atoms with Gasteiger partial charge < -0.3 is 5.73 Å². The smallest absolute Gasteiger partial charge is 0.0940 e. The van der Waals surface area contributed by atoms with Crippen LogP contribution in [0.2, 0.25) is 0 Å². The Hall–Kier alpha value is -1.58. The summed E-state index contributed by atoms with van der Waals surface area (Å²) in [5.74, 6) is 1.03. The van der Waals surface area contributed by atoms with Crippen molar-refractivity contribution in [1.29, 1.82) is 0 Å². The first-order valence-corrected chi connectivity index (χ1v) is 9.49. The maximum atomic E-state index is 7.07. The largest absolute Gasteiger partial charge is 0.316 e. The molecule has 2 aromatic carbocycles. The molecule has 0 spiro atoms. The summed E-state index contributed by atoms with van der Waals surface area (Å²) in [6, 6.07) is 13.1. The number of benzene rings is 2. The van der Waals surface area contributed by atoms with Crippen LogP contribution in [0.5, 0.6) is 0 Å². The highest BCUT2D eigenvalue weighted by Gasteiger charge is 2.37. The van der Waals surface area contributed by atoms with E-state index in [4.69, 9.17) is 10.7 Å². The zero-order valence-corrected chi connectivity index (χ0v) is 15.8. The predicted octanol–water partition coefficient (Wildman–Crippen LogP) is 4.46. The van der Waals surface area contributed by atoms with E-state index in [0.29, 0.717) is 0 Å². The molecule has 126 valence electrons. The summed E-state index contributed by atoms with van der Waals surface area (Å²) in [5.41, 5.74) is 14.2. The van der Waals surface area contributed by atoms with Gasteiger partial charge in [0.1, 0.15) is 0 Å². The van der Waals surface area contributed by atoms with Crippen LogP contribution in [-0.2, 0) is 12.0 Å². The van der Waals surface area contributed by atoms with Gasteiger partial charge in [-0.05, 0) is 49.9 Å².